The van der Waals surface area contributed by atoms with E-state index in [9.17, 15) is 4.79 Å². The maximum atomic E-state index is 10.9. The van der Waals surface area contributed by atoms with Crippen LogP contribution in [0.3, 0.4) is 0 Å². The van der Waals surface area contributed by atoms with Gasteiger partial charge in [0, 0.05) is 19.6 Å². The fourth-order valence-electron chi connectivity index (χ4n) is 1.97. The fourth-order valence-corrected chi connectivity index (χ4v) is 1.97. The van der Waals surface area contributed by atoms with E-state index >= 15 is 0 Å². The smallest absolute Gasteiger partial charge is 0.317 e. The van der Waals surface area contributed by atoms with E-state index < -0.39 is 5.97 Å². The lowest BCUT2D eigenvalue weighted by Gasteiger charge is -2.23. The van der Waals surface area contributed by atoms with E-state index in [1.54, 1.807) is 0 Å². The van der Waals surface area contributed by atoms with Crippen LogP contribution >= 0.6 is 0 Å². The fraction of sp³-hybridized carbons (Fsp3) is 0.533. The second-order valence-electron chi connectivity index (χ2n) is 5.27. The van der Waals surface area contributed by atoms with Crippen LogP contribution in [0.1, 0.15) is 16.7 Å². The molecule has 1 N–H and O–H groups in total. The molecular weight excluding hydrogens is 240 g/mol. The van der Waals surface area contributed by atoms with Crippen molar-refractivity contribution in [3.8, 4) is 0 Å². The third-order valence-corrected chi connectivity index (χ3v) is 3.33. The van der Waals surface area contributed by atoms with Crippen molar-refractivity contribution in [2.75, 3.05) is 33.7 Å². The van der Waals surface area contributed by atoms with Gasteiger partial charge in [-0.3, -0.25) is 9.69 Å². The Morgan fingerprint density at radius 2 is 1.89 bits per heavy atom. The Bertz CT molecular complexity index is 430. The van der Waals surface area contributed by atoms with Gasteiger partial charge in [0.05, 0.1) is 6.54 Å². The first-order valence-electron chi connectivity index (χ1n) is 6.54. The average Bonchev–Trinajstić information content (AvgIpc) is 2.31. The van der Waals surface area contributed by atoms with Crippen molar-refractivity contribution in [3.63, 3.8) is 0 Å². The van der Waals surface area contributed by atoms with E-state index in [1.165, 1.54) is 16.7 Å². The van der Waals surface area contributed by atoms with Crippen molar-refractivity contribution in [2.24, 2.45) is 0 Å². The number of nitrogens with zero attached hydrogens (tertiary/aromatic N) is 2. The molecular formula is C15H24N2O2. The SMILES string of the molecule is Cc1cccc(CN(CCN(C)C)CC(=O)O)c1C. The summed E-state index contributed by atoms with van der Waals surface area (Å²) in [5.74, 6) is -0.774. The molecule has 0 atom stereocenters. The van der Waals surface area contributed by atoms with E-state index in [1.807, 2.05) is 25.1 Å². The highest BCUT2D eigenvalue weighted by Gasteiger charge is 2.12. The van der Waals surface area contributed by atoms with Crippen molar-refractivity contribution in [2.45, 2.75) is 20.4 Å². The van der Waals surface area contributed by atoms with Crippen molar-refractivity contribution >= 4 is 5.97 Å². The van der Waals surface area contributed by atoms with Gasteiger partial charge in [-0.05, 0) is 44.6 Å². The molecule has 0 aliphatic carbocycles. The van der Waals surface area contributed by atoms with Crippen LogP contribution in [0.25, 0.3) is 0 Å². The van der Waals surface area contributed by atoms with Gasteiger partial charge in [-0.2, -0.15) is 0 Å². The second kappa shape index (κ2) is 7.26. The lowest BCUT2D eigenvalue weighted by Crippen LogP contribution is -2.35. The minimum atomic E-state index is -0.774. The molecule has 0 aliphatic rings. The van der Waals surface area contributed by atoms with Gasteiger partial charge in [-0.15, -0.1) is 0 Å². The Kier molecular flexibility index (Phi) is 5.99. The molecule has 4 nitrogen and oxygen atoms in total. The molecule has 19 heavy (non-hydrogen) atoms. The van der Waals surface area contributed by atoms with E-state index in [-0.39, 0.29) is 6.54 Å². The van der Waals surface area contributed by atoms with Crippen LogP contribution in [0.15, 0.2) is 18.2 Å². The number of carbonyl (C=O) groups is 1. The number of carboxylic acid groups (broad SMARTS) is 1. The highest BCUT2D eigenvalue weighted by atomic mass is 16.4. The molecule has 106 valence electrons. The number of hydrogen-bond acceptors (Lipinski definition) is 3. The Labute approximate surface area is 115 Å². The first-order chi connectivity index (χ1) is 8.90. The standard InChI is InChI=1S/C15H24N2O2/c1-12-6-5-7-14(13(12)2)10-17(11-15(18)19)9-8-16(3)4/h5-7H,8-11H2,1-4H3,(H,18,19). The molecule has 0 spiro atoms. The largest absolute Gasteiger partial charge is 0.480 e. The Hall–Kier alpha value is -1.39. The summed E-state index contributed by atoms with van der Waals surface area (Å²) in [4.78, 5) is 15.0. The molecule has 0 heterocycles. The Morgan fingerprint density at radius 1 is 1.21 bits per heavy atom. The quantitative estimate of drug-likeness (QED) is 0.815. The molecule has 0 aromatic heterocycles. The first-order valence-corrected chi connectivity index (χ1v) is 6.54. The molecule has 0 unspecified atom stereocenters. The summed E-state index contributed by atoms with van der Waals surface area (Å²) < 4.78 is 0. The number of likely N-dealkylation sites (N-methyl/N-ethyl adjacent to an activating group) is 1. The van der Waals surface area contributed by atoms with Crippen molar-refractivity contribution < 1.29 is 9.90 Å². The zero-order chi connectivity index (χ0) is 14.4. The second-order valence-corrected chi connectivity index (χ2v) is 5.27. The van der Waals surface area contributed by atoms with Crippen LogP contribution in [0.4, 0.5) is 0 Å². The summed E-state index contributed by atoms with van der Waals surface area (Å²) in [6.45, 7) is 6.56. The number of aliphatic carboxylic acids is 1. The van der Waals surface area contributed by atoms with Crippen LogP contribution < -0.4 is 0 Å². The number of hydrogen-bond donors (Lipinski definition) is 1. The molecule has 0 saturated carbocycles. The normalized spacial score (nSPS) is 11.3. The van der Waals surface area contributed by atoms with Gasteiger partial charge in [0.1, 0.15) is 0 Å². The molecule has 0 radical (unpaired) electrons. The molecule has 4 heteroatoms. The van der Waals surface area contributed by atoms with Gasteiger partial charge in [0.15, 0.2) is 0 Å². The van der Waals surface area contributed by atoms with Gasteiger partial charge in [-0.25, -0.2) is 0 Å². The van der Waals surface area contributed by atoms with Gasteiger partial charge in [0.2, 0.25) is 0 Å². The van der Waals surface area contributed by atoms with Gasteiger partial charge >= 0.3 is 5.97 Å². The molecule has 1 rings (SSSR count). The van der Waals surface area contributed by atoms with Gasteiger partial charge < -0.3 is 10.0 Å². The molecule has 0 aliphatic heterocycles. The summed E-state index contributed by atoms with van der Waals surface area (Å²) in [6.07, 6.45) is 0. The van der Waals surface area contributed by atoms with Gasteiger partial charge in [0.25, 0.3) is 0 Å². The zero-order valence-corrected chi connectivity index (χ0v) is 12.3. The topological polar surface area (TPSA) is 43.8 Å². The highest BCUT2D eigenvalue weighted by molar-refractivity contribution is 5.69. The van der Waals surface area contributed by atoms with Crippen LogP contribution in [0, 0.1) is 13.8 Å². The predicted octanol–water partition coefficient (Wildman–Crippen LogP) is 1.75. The summed E-state index contributed by atoms with van der Waals surface area (Å²) in [5, 5.41) is 9.00. The van der Waals surface area contributed by atoms with E-state index in [4.69, 9.17) is 5.11 Å². The van der Waals surface area contributed by atoms with Crippen LogP contribution in [0.5, 0.6) is 0 Å². The maximum absolute atomic E-state index is 10.9. The van der Waals surface area contributed by atoms with E-state index in [0.717, 1.165) is 13.1 Å². The summed E-state index contributed by atoms with van der Waals surface area (Å²) >= 11 is 0. The highest BCUT2D eigenvalue weighted by Crippen LogP contribution is 2.14. The maximum Gasteiger partial charge on any atom is 0.317 e. The third-order valence-electron chi connectivity index (χ3n) is 3.33. The summed E-state index contributed by atoms with van der Waals surface area (Å²) in [6, 6.07) is 6.19. The number of carboxylic acids is 1. The molecule has 0 bridgehead atoms. The zero-order valence-electron chi connectivity index (χ0n) is 12.3. The average molecular weight is 264 g/mol. The van der Waals surface area contributed by atoms with E-state index in [2.05, 4.69) is 30.9 Å². The number of aryl methyl sites for hydroxylation is 1. The monoisotopic (exact) mass is 264 g/mol. The lowest BCUT2D eigenvalue weighted by molar-refractivity contribution is -0.138. The van der Waals surface area contributed by atoms with Crippen LogP contribution in [0.2, 0.25) is 0 Å². The van der Waals surface area contributed by atoms with Crippen molar-refractivity contribution in [1.29, 1.82) is 0 Å². The number of benzene rings is 1. The predicted molar refractivity (Wildman–Crippen MR) is 77.4 cm³/mol. The first kappa shape index (κ1) is 15.7. The molecule has 0 amide bonds. The molecule has 1 aromatic carbocycles. The minimum Gasteiger partial charge on any atom is -0.480 e. The number of rotatable bonds is 7. The minimum absolute atomic E-state index is 0.0845. The summed E-state index contributed by atoms with van der Waals surface area (Å²) in [7, 11) is 3.99. The molecule has 0 saturated heterocycles. The van der Waals surface area contributed by atoms with Gasteiger partial charge in [-0.1, -0.05) is 18.2 Å². The molecule has 1 aromatic rings. The van der Waals surface area contributed by atoms with E-state index in [0.29, 0.717) is 6.54 Å². The van der Waals surface area contributed by atoms with Crippen molar-refractivity contribution in [1.82, 2.24) is 9.80 Å². The lowest BCUT2D eigenvalue weighted by atomic mass is 10.0. The Morgan fingerprint density at radius 3 is 2.47 bits per heavy atom. The summed E-state index contributed by atoms with van der Waals surface area (Å²) in [5.41, 5.74) is 3.71. The van der Waals surface area contributed by atoms with Crippen LogP contribution in [-0.2, 0) is 11.3 Å². The third kappa shape index (κ3) is 5.41. The van der Waals surface area contributed by atoms with Crippen molar-refractivity contribution in [3.05, 3.63) is 34.9 Å². The molecule has 0 fully saturated rings. The Balaban J connectivity index is 2.75. The van der Waals surface area contributed by atoms with Crippen LogP contribution in [-0.4, -0.2) is 54.6 Å².